The zero-order valence-electron chi connectivity index (χ0n) is 21.4. The van der Waals surface area contributed by atoms with Crippen molar-refractivity contribution in [2.24, 2.45) is 0 Å². The molecule has 38 heavy (non-hydrogen) atoms. The van der Waals surface area contributed by atoms with Crippen molar-refractivity contribution < 1.29 is 14.0 Å². The summed E-state index contributed by atoms with van der Waals surface area (Å²) in [6, 6.07) is 7.73. The molecule has 0 unspecified atom stereocenters. The lowest BCUT2D eigenvalue weighted by Crippen LogP contribution is -2.49. The van der Waals surface area contributed by atoms with E-state index in [1.807, 2.05) is 20.9 Å². The standard InChI is InChI=1S/C27H28FN7O2.ClH/c1-16(2)19-14-30-24(17-4-6-18(28)7-5-17)33-25(19)32-21-8-9-29-26-22(21)20(15-31-26)23(36)27(37)35-12-10-34(3)11-13-35;/h4-9,14-16H,10-13H2,1-3H3,(H2,29,30,31,32,33);1H. The number of anilines is 2. The predicted octanol–water partition coefficient (Wildman–Crippen LogP) is 4.40. The van der Waals surface area contributed by atoms with E-state index in [0.29, 0.717) is 47.0 Å². The van der Waals surface area contributed by atoms with Gasteiger partial charge in [0.2, 0.25) is 0 Å². The summed E-state index contributed by atoms with van der Waals surface area (Å²) in [6.07, 6.45) is 4.90. The van der Waals surface area contributed by atoms with Crippen LogP contribution in [0.1, 0.15) is 35.7 Å². The van der Waals surface area contributed by atoms with E-state index >= 15 is 0 Å². The van der Waals surface area contributed by atoms with E-state index in [9.17, 15) is 14.0 Å². The van der Waals surface area contributed by atoms with Gasteiger partial charge in [0.1, 0.15) is 17.3 Å². The van der Waals surface area contributed by atoms with Crippen LogP contribution in [-0.4, -0.2) is 74.7 Å². The van der Waals surface area contributed by atoms with Crippen LogP contribution in [0.5, 0.6) is 0 Å². The Morgan fingerprint density at radius 3 is 2.45 bits per heavy atom. The number of piperazine rings is 1. The Balaban J connectivity index is 0.00000336. The summed E-state index contributed by atoms with van der Waals surface area (Å²) in [5, 5.41) is 3.88. The maximum absolute atomic E-state index is 13.4. The van der Waals surface area contributed by atoms with Gasteiger partial charge >= 0.3 is 0 Å². The van der Waals surface area contributed by atoms with E-state index in [1.165, 1.54) is 18.3 Å². The average molecular weight is 538 g/mol. The number of Topliss-reactive ketones (excluding diaryl/α,β-unsaturated/α-hetero) is 1. The second-order valence-electron chi connectivity index (χ2n) is 9.49. The van der Waals surface area contributed by atoms with E-state index < -0.39 is 11.7 Å². The molecule has 11 heteroatoms. The molecule has 3 aromatic heterocycles. The SMILES string of the molecule is CC(C)c1cnc(-c2ccc(F)cc2)nc1Nc1ccnc2[nH]cc(C(=O)C(=O)N3CCN(C)CC3)c12.Cl. The van der Waals surface area contributed by atoms with Crippen molar-refractivity contribution in [1.29, 1.82) is 0 Å². The lowest BCUT2D eigenvalue weighted by Gasteiger charge is -2.31. The van der Waals surface area contributed by atoms with Gasteiger partial charge in [-0.1, -0.05) is 13.8 Å². The normalized spacial score (nSPS) is 14.0. The highest BCUT2D eigenvalue weighted by atomic mass is 35.5. The minimum Gasteiger partial charge on any atom is -0.345 e. The summed E-state index contributed by atoms with van der Waals surface area (Å²) in [4.78, 5) is 46.7. The number of hydrogen-bond acceptors (Lipinski definition) is 7. The molecule has 198 valence electrons. The number of aromatic nitrogens is 4. The Morgan fingerprint density at radius 2 is 1.76 bits per heavy atom. The Bertz CT molecular complexity index is 1460. The molecule has 0 spiro atoms. The molecule has 9 nitrogen and oxygen atoms in total. The summed E-state index contributed by atoms with van der Waals surface area (Å²) < 4.78 is 13.4. The molecule has 0 radical (unpaired) electrons. The minimum absolute atomic E-state index is 0. The number of carbonyl (C=O) groups is 2. The summed E-state index contributed by atoms with van der Waals surface area (Å²) in [5.74, 6) is -0.336. The van der Waals surface area contributed by atoms with Gasteiger partial charge in [0, 0.05) is 55.9 Å². The van der Waals surface area contributed by atoms with Crippen molar-refractivity contribution in [1.82, 2.24) is 29.7 Å². The van der Waals surface area contributed by atoms with Gasteiger partial charge in [0.25, 0.3) is 11.7 Å². The molecular weight excluding hydrogens is 509 g/mol. The number of rotatable bonds is 6. The van der Waals surface area contributed by atoms with Gasteiger partial charge < -0.3 is 20.1 Å². The molecular formula is C27H29ClFN7O2. The van der Waals surface area contributed by atoms with Crippen LogP contribution in [0, 0.1) is 5.82 Å². The van der Waals surface area contributed by atoms with E-state index in [0.717, 1.165) is 18.7 Å². The molecule has 1 aliphatic rings. The molecule has 1 aromatic carbocycles. The predicted molar refractivity (Wildman–Crippen MR) is 147 cm³/mol. The lowest BCUT2D eigenvalue weighted by molar-refractivity contribution is -0.127. The fourth-order valence-electron chi connectivity index (χ4n) is 4.39. The van der Waals surface area contributed by atoms with Gasteiger partial charge in [-0.2, -0.15) is 0 Å². The molecule has 1 saturated heterocycles. The number of hydrogen-bond donors (Lipinski definition) is 2. The molecule has 1 amide bonds. The van der Waals surface area contributed by atoms with E-state index in [2.05, 4.69) is 25.2 Å². The molecule has 0 atom stereocenters. The van der Waals surface area contributed by atoms with E-state index in [-0.39, 0.29) is 29.7 Å². The third-order valence-corrected chi connectivity index (χ3v) is 6.60. The Labute approximate surface area is 225 Å². The summed E-state index contributed by atoms with van der Waals surface area (Å²) in [5.41, 5.74) is 2.88. The monoisotopic (exact) mass is 537 g/mol. The van der Waals surface area contributed by atoms with Gasteiger partial charge in [-0.3, -0.25) is 9.59 Å². The molecule has 1 fully saturated rings. The number of carbonyl (C=O) groups excluding carboxylic acids is 2. The number of amides is 1. The zero-order chi connectivity index (χ0) is 26.1. The summed E-state index contributed by atoms with van der Waals surface area (Å²) in [7, 11) is 1.99. The van der Waals surface area contributed by atoms with Crippen molar-refractivity contribution >= 4 is 46.6 Å². The quantitative estimate of drug-likeness (QED) is 0.277. The third kappa shape index (κ3) is 5.36. The van der Waals surface area contributed by atoms with Crippen molar-refractivity contribution in [3.8, 4) is 11.4 Å². The first kappa shape index (κ1) is 27.2. The van der Waals surface area contributed by atoms with Crippen molar-refractivity contribution in [3.05, 3.63) is 65.9 Å². The van der Waals surface area contributed by atoms with Gasteiger partial charge in [0.15, 0.2) is 5.82 Å². The largest absolute Gasteiger partial charge is 0.345 e. The van der Waals surface area contributed by atoms with Crippen LogP contribution in [0.3, 0.4) is 0 Å². The van der Waals surface area contributed by atoms with Gasteiger partial charge in [-0.15, -0.1) is 12.4 Å². The number of pyridine rings is 1. The Morgan fingerprint density at radius 1 is 1.05 bits per heavy atom. The topological polar surface area (TPSA) is 107 Å². The number of benzene rings is 1. The fraction of sp³-hybridized carbons (Fsp3) is 0.296. The van der Waals surface area contributed by atoms with Gasteiger partial charge in [-0.05, 0) is 43.3 Å². The number of nitrogens with zero attached hydrogens (tertiary/aromatic N) is 5. The first-order valence-corrected chi connectivity index (χ1v) is 12.2. The molecule has 0 bridgehead atoms. The smallest absolute Gasteiger partial charge is 0.295 e. The Hall–Kier alpha value is -3.89. The van der Waals surface area contributed by atoms with Crippen LogP contribution in [0.25, 0.3) is 22.4 Å². The van der Waals surface area contributed by atoms with Crippen molar-refractivity contribution in [2.45, 2.75) is 19.8 Å². The number of fused-ring (bicyclic) bond motifs is 1. The Kier molecular flexibility index (Phi) is 8.03. The molecule has 5 rings (SSSR count). The first-order valence-electron chi connectivity index (χ1n) is 12.2. The van der Waals surface area contributed by atoms with Crippen LogP contribution in [0.4, 0.5) is 15.9 Å². The average Bonchev–Trinajstić information content (AvgIpc) is 3.34. The zero-order valence-corrected chi connectivity index (χ0v) is 22.2. The second kappa shape index (κ2) is 11.2. The maximum Gasteiger partial charge on any atom is 0.295 e. The van der Waals surface area contributed by atoms with Crippen molar-refractivity contribution in [3.63, 3.8) is 0 Å². The number of aromatic amines is 1. The molecule has 0 aliphatic carbocycles. The highest BCUT2D eigenvalue weighted by molar-refractivity contribution is 6.45. The third-order valence-electron chi connectivity index (χ3n) is 6.60. The molecule has 4 heterocycles. The van der Waals surface area contributed by atoms with Crippen LogP contribution < -0.4 is 5.32 Å². The van der Waals surface area contributed by atoms with Gasteiger partial charge in [-0.25, -0.2) is 19.3 Å². The van der Waals surface area contributed by atoms with Crippen LogP contribution >= 0.6 is 12.4 Å². The van der Waals surface area contributed by atoms with Crippen molar-refractivity contribution in [2.75, 3.05) is 38.5 Å². The summed E-state index contributed by atoms with van der Waals surface area (Å²) in [6.45, 7) is 6.54. The summed E-state index contributed by atoms with van der Waals surface area (Å²) >= 11 is 0. The molecule has 2 N–H and O–H groups in total. The first-order chi connectivity index (χ1) is 17.8. The molecule has 1 aliphatic heterocycles. The van der Waals surface area contributed by atoms with E-state index in [4.69, 9.17) is 4.98 Å². The maximum atomic E-state index is 13.4. The second-order valence-corrected chi connectivity index (χ2v) is 9.49. The highest BCUT2D eigenvalue weighted by Gasteiger charge is 2.29. The van der Waals surface area contributed by atoms with Crippen LogP contribution in [0.15, 0.2) is 48.9 Å². The van der Waals surface area contributed by atoms with Crippen LogP contribution in [-0.2, 0) is 4.79 Å². The number of likely N-dealkylation sites (N-methyl/N-ethyl adjacent to an activating group) is 1. The number of H-pyrrole nitrogens is 1. The number of halogens is 2. The molecule has 0 saturated carbocycles. The lowest BCUT2D eigenvalue weighted by atomic mass is 10.0. The van der Waals surface area contributed by atoms with Crippen LogP contribution in [0.2, 0.25) is 0 Å². The fourth-order valence-corrected chi connectivity index (χ4v) is 4.39. The van der Waals surface area contributed by atoms with E-state index in [1.54, 1.807) is 35.5 Å². The highest BCUT2D eigenvalue weighted by Crippen LogP contribution is 2.32. The van der Waals surface area contributed by atoms with Gasteiger partial charge in [0.05, 0.1) is 16.6 Å². The minimum atomic E-state index is -0.578. The number of ketones is 1. The molecule has 4 aromatic rings. The number of nitrogens with one attached hydrogen (secondary N) is 2.